The van der Waals surface area contributed by atoms with Crippen molar-refractivity contribution in [3.63, 3.8) is 0 Å². The molecule has 0 aliphatic heterocycles. The molecule has 1 atom stereocenters. The highest BCUT2D eigenvalue weighted by Crippen LogP contribution is 2.24. The smallest absolute Gasteiger partial charge is 0.251 e. The van der Waals surface area contributed by atoms with Crippen LogP contribution < -0.4 is 5.32 Å². The highest BCUT2D eigenvalue weighted by molar-refractivity contribution is 5.94. The molecule has 128 valence electrons. The Labute approximate surface area is 146 Å². The van der Waals surface area contributed by atoms with Crippen LogP contribution in [0.5, 0.6) is 0 Å². The molecule has 0 heterocycles. The average Bonchev–Trinajstić information content (AvgIpc) is 2.50. The predicted molar refractivity (Wildman–Crippen MR) is 102 cm³/mol. The van der Waals surface area contributed by atoms with Crippen molar-refractivity contribution in [3.8, 4) is 0 Å². The molecular weight excluding hydrogens is 294 g/mol. The fraction of sp³-hybridized carbons (Fsp3) is 0.409. The van der Waals surface area contributed by atoms with Crippen LogP contribution in [0.3, 0.4) is 0 Å². The topological polar surface area (TPSA) is 29.1 Å². The molecule has 0 saturated carbocycles. The second-order valence-corrected chi connectivity index (χ2v) is 7.82. The minimum atomic E-state index is -0.0272. The van der Waals surface area contributed by atoms with Gasteiger partial charge >= 0.3 is 0 Å². The lowest BCUT2D eigenvalue weighted by atomic mass is 9.86. The van der Waals surface area contributed by atoms with E-state index in [2.05, 4.69) is 59.0 Å². The van der Waals surface area contributed by atoms with Gasteiger partial charge in [-0.2, -0.15) is 0 Å². The molecule has 2 nitrogen and oxygen atoms in total. The normalized spacial score (nSPS) is 12.8. The standard InChI is InChI=1S/C22H29NO/c1-14-12-16(3)20(13-15(14)2)17(4)23-21(24)18-8-10-19(11-9-18)22(5,6)7/h8-13,17H,1-7H3,(H,23,24)/t17-/m0/s1. The largest absolute Gasteiger partial charge is 0.346 e. The van der Waals surface area contributed by atoms with E-state index in [-0.39, 0.29) is 17.4 Å². The molecule has 0 fully saturated rings. The molecule has 0 aliphatic carbocycles. The van der Waals surface area contributed by atoms with Crippen LogP contribution in [-0.4, -0.2) is 5.91 Å². The molecule has 2 aromatic rings. The molecule has 0 saturated heterocycles. The van der Waals surface area contributed by atoms with Gasteiger partial charge in [0.25, 0.3) is 5.91 Å². The Morgan fingerprint density at radius 3 is 2.00 bits per heavy atom. The molecule has 24 heavy (non-hydrogen) atoms. The molecule has 0 radical (unpaired) electrons. The van der Waals surface area contributed by atoms with Gasteiger partial charge in [-0.25, -0.2) is 0 Å². The van der Waals surface area contributed by atoms with Crippen LogP contribution in [0.4, 0.5) is 0 Å². The molecule has 2 aromatic carbocycles. The molecule has 2 rings (SSSR count). The highest BCUT2D eigenvalue weighted by Gasteiger charge is 2.16. The molecule has 0 spiro atoms. The zero-order valence-corrected chi connectivity index (χ0v) is 15.9. The number of carbonyl (C=O) groups is 1. The predicted octanol–water partition coefficient (Wildman–Crippen LogP) is 5.40. The van der Waals surface area contributed by atoms with Gasteiger partial charge in [0, 0.05) is 5.56 Å². The lowest BCUT2D eigenvalue weighted by Crippen LogP contribution is -2.27. The number of hydrogen-bond donors (Lipinski definition) is 1. The van der Waals surface area contributed by atoms with Gasteiger partial charge in [-0.1, -0.05) is 45.0 Å². The van der Waals surface area contributed by atoms with Crippen LogP contribution in [0, 0.1) is 20.8 Å². The fourth-order valence-electron chi connectivity index (χ4n) is 2.93. The quantitative estimate of drug-likeness (QED) is 0.805. The van der Waals surface area contributed by atoms with Crippen LogP contribution in [-0.2, 0) is 5.41 Å². The van der Waals surface area contributed by atoms with Crippen molar-refractivity contribution < 1.29 is 4.79 Å². The Bertz CT molecular complexity index is 736. The monoisotopic (exact) mass is 323 g/mol. The number of amides is 1. The fourth-order valence-corrected chi connectivity index (χ4v) is 2.93. The summed E-state index contributed by atoms with van der Waals surface area (Å²) < 4.78 is 0. The zero-order chi connectivity index (χ0) is 18.1. The Morgan fingerprint density at radius 1 is 0.917 bits per heavy atom. The highest BCUT2D eigenvalue weighted by atomic mass is 16.1. The van der Waals surface area contributed by atoms with Gasteiger partial charge in [0.1, 0.15) is 0 Å². The molecule has 0 aliphatic rings. The maximum atomic E-state index is 12.5. The lowest BCUT2D eigenvalue weighted by Gasteiger charge is -2.20. The van der Waals surface area contributed by atoms with E-state index < -0.39 is 0 Å². The van der Waals surface area contributed by atoms with Crippen LogP contribution >= 0.6 is 0 Å². The average molecular weight is 323 g/mol. The maximum absolute atomic E-state index is 12.5. The first-order valence-electron chi connectivity index (χ1n) is 8.58. The second kappa shape index (κ2) is 6.80. The minimum absolute atomic E-state index is 0.0147. The third kappa shape index (κ3) is 4.05. The van der Waals surface area contributed by atoms with E-state index in [0.29, 0.717) is 5.56 Å². The van der Waals surface area contributed by atoms with Gasteiger partial charge in [0.05, 0.1) is 6.04 Å². The van der Waals surface area contributed by atoms with Gasteiger partial charge in [-0.05, 0) is 73.1 Å². The number of benzene rings is 2. The summed E-state index contributed by atoms with van der Waals surface area (Å²) in [7, 11) is 0. The Balaban J connectivity index is 2.16. The minimum Gasteiger partial charge on any atom is -0.346 e. The first-order valence-corrected chi connectivity index (χ1v) is 8.58. The third-order valence-corrected chi connectivity index (χ3v) is 4.71. The van der Waals surface area contributed by atoms with Crippen LogP contribution in [0.15, 0.2) is 36.4 Å². The summed E-state index contributed by atoms with van der Waals surface area (Å²) in [5, 5.41) is 3.12. The van der Waals surface area contributed by atoms with E-state index in [9.17, 15) is 4.79 Å². The molecule has 1 N–H and O–H groups in total. The maximum Gasteiger partial charge on any atom is 0.251 e. The SMILES string of the molecule is Cc1cc(C)c([C@H](C)NC(=O)c2ccc(C(C)(C)C)cc2)cc1C. The Hall–Kier alpha value is -2.09. The number of rotatable bonds is 3. The van der Waals surface area contributed by atoms with E-state index in [1.807, 2.05) is 31.2 Å². The molecule has 1 amide bonds. The summed E-state index contributed by atoms with van der Waals surface area (Å²) in [4.78, 5) is 12.5. The third-order valence-electron chi connectivity index (χ3n) is 4.71. The first-order chi connectivity index (χ1) is 11.1. The van der Waals surface area contributed by atoms with E-state index in [0.717, 1.165) is 0 Å². The van der Waals surface area contributed by atoms with Crippen LogP contribution in [0.1, 0.15) is 71.9 Å². The second-order valence-electron chi connectivity index (χ2n) is 7.82. The van der Waals surface area contributed by atoms with E-state index in [1.165, 1.54) is 27.8 Å². The molecule has 0 unspecified atom stereocenters. The Kier molecular flexibility index (Phi) is 5.17. The van der Waals surface area contributed by atoms with E-state index in [4.69, 9.17) is 0 Å². The molecule has 0 aromatic heterocycles. The molecule has 2 heteroatoms. The number of nitrogens with one attached hydrogen (secondary N) is 1. The summed E-state index contributed by atoms with van der Waals surface area (Å²) in [6.07, 6.45) is 0. The number of carbonyl (C=O) groups excluding carboxylic acids is 1. The van der Waals surface area contributed by atoms with E-state index >= 15 is 0 Å². The van der Waals surface area contributed by atoms with Crippen LogP contribution in [0.25, 0.3) is 0 Å². The van der Waals surface area contributed by atoms with Crippen molar-refractivity contribution in [1.29, 1.82) is 0 Å². The number of hydrogen-bond acceptors (Lipinski definition) is 1. The summed E-state index contributed by atoms with van der Waals surface area (Å²) >= 11 is 0. The zero-order valence-electron chi connectivity index (χ0n) is 15.9. The molecule has 0 bridgehead atoms. The van der Waals surface area contributed by atoms with E-state index in [1.54, 1.807) is 0 Å². The van der Waals surface area contributed by atoms with Gasteiger partial charge in [-0.3, -0.25) is 4.79 Å². The van der Waals surface area contributed by atoms with Crippen molar-refractivity contribution in [2.45, 2.75) is 59.9 Å². The Morgan fingerprint density at radius 2 is 1.46 bits per heavy atom. The van der Waals surface area contributed by atoms with Crippen molar-refractivity contribution in [2.75, 3.05) is 0 Å². The number of aryl methyl sites for hydroxylation is 3. The van der Waals surface area contributed by atoms with Crippen molar-refractivity contribution in [3.05, 3.63) is 69.8 Å². The van der Waals surface area contributed by atoms with Crippen molar-refractivity contribution in [1.82, 2.24) is 5.32 Å². The molecular formula is C22H29NO. The summed E-state index contributed by atoms with van der Waals surface area (Å²) in [5.41, 5.74) is 6.97. The first kappa shape index (κ1) is 18.3. The lowest BCUT2D eigenvalue weighted by molar-refractivity contribution is 0.0939. The van der Waals surface area contributed by atoms with Gasteiger partial charge in [-0.15, -0.1) is 0 Å². The van der Waals surface area contributed by atoms with Gasteiger partial charge in [0.15, 0.2) is 0 Å². The van der Waals surface area contributed by atoms with Crippen molar-refractivity contribution >= 4 is 5.91 Å². The van der Waals surface area contributed by atoms with Gasteiger partial charge in [0.2, 0.25) is 0 Å². The van der Waals surface area contributed by atoms with Gasteiger partial charge < -0.3 is 5.32 Å². The van der Waals surface area contributed by atoms with Crippen LogP contribution in [0.2, 0.25) is 0 Å². The summed E-state index contributed by atoms with van der Waals surface area (Å²) in [5.74, 6) is -0.0272. The summed E-state index contributed by atoms with van der Waals surface area (Å²) in [6.45, 7) is 14.9. The van der Waals surface area contributed by atoms with Crippen molar-refractivity contribution in [2.24, 2.45) is 0 Å². The summed E-state index contributed by atoms with van der Waals surface area (Å²) in [6, 6.07) is 12.3.